The lowest BCUT2D eigenvalue weighted by molar-refractivity contribution is 0.0576. The molecule has 1 aliphatic rings. The first-order valence-electron chi connectivity index (χ1n) is 7.26. The zero-order valence-electron chi connectivity index (χ0n) is 12.5. The van der Waals surface area contributed by atoms with Gasteiger partial charge in [-0.3, -0.25) is 0 Å². The highest BCUT2D eigenvalue weighted by molar-refractivity contribution is 5.56. The topological polar surface area (TPSA) is 32.7 Å². The third kappa shape index (κ3) is 3.49. The summed E-state index contributed by atoms with van der Waals surface area (Å²) in [5.74, 6) is 0.236. The Kier molecular flexibility index (Phi) is 5.00. The van der Waals surface area contributed by atoms with E-state index in [4.69, 9.17) is 4.74 Å². The highest BCUT2D eigenvalue weighted by Gasteiger charge is 2.19. The van der Waals surface area contributed by atoms with Crippen LogP contribution in [0.3, 0.4) is 0 Å². The second-order valence-corrected chi connectivity index (χ2v) is 5.80. The fourth-order valence-electron chi connectivity index (χ4n) is 2.78. The molecule has 1 N–H and O–H groups in total. The first-order valence-corrected chi connectivity index (χ1v) is 7.26. The lowest BCUT2D eigenvalue weighted by Gasteiger charge is -2.30. The molecule has 2 atom stereocenters. The molecular formula is C16H24FNO2. The molecule has 2 rings (SSSR count). The summed E-state index contributed by atoms with van der Waals surface area (Å²) >= 11 is 0. The van der Waals surface area contributed by atoms with Crippen molar-refractivity contribution in [2.45, 2.75) is 32.8 Å². The molecule has 0 aliphatic carbocycles. The monoisotopic (exact) mass is 281 g/mol. The number of hydrogen-bond donors (Lipinski definition) is 1. The number of aryl methyl sites for hydroxylation is 1. The first kappa shape index (κ1) is 15.3. The maximum absolute atomic E-state index is 13.7. The van der Waals surface area contributed by atoms with Crippen LogP contribution in [-0.2, 0) is 4.74 Å². The first-order chi connectivity index (χ1) is 9.49. The van der Waals surface area contributed by atoms with Gasteiger partial charge in [-0.15, -0.1) is 0 Å². The van der Waals surface area contributed by atoms with E-state index in [2.05, 4.69) is 4.90 Å². The summed E-state index contributed by atoms with van der Waals surface area (Å²) < 4.78 is 19.2. The fourth-order valence-corrected chi connectivity index (χ4v) is 2.78. The van der Waals surface area contributed by atoms with Gasteiger partial charge in [0.05, 0.1) is 12.7 Å². The van der Waals surface area contributed by atoms with E-state index in [1.54, 1.807) is 13.8 Å². The Balaban J connectivity index is 2.19. The average molecular weight is 281 g/mol. The van der Waals surface area contributed by atoms with Gasteiger partial charge in [0.1, 0.15) is 5.82 Å². The predicted octanol–water partition coefficient (Wildman–Crippen LogP) is 3.05. The Labute approximate surface area is 120 Å². The van der Waals surface area contributed by atoms with Crippen molar-refractivity contribution in [3.8, 4) is 0 Å². The zero-order valence-corrected chi connectivity index (χ0v) is 12.5. The number of hydrogen-bond acceptors (Lipinski definition) is 3. The summed E-state index contributed by atoms with van der Waals surface area (Å²) in [6.07, 6.45) is 1.59. The normalized spacial score (nSPS) is 20.8. The van der Waals surface area contributed by atoms with Crippen LogP contribution in [-0.4, -0.2) is 31.9 Å². The van der Waals surface area contributed by atoms with Crippen LogP contribution < -0.4 is 4.90 Å². The molecular weight excluding hydrogens is 257 g/mol. The molecule has 1 aromatic carbocycles. The van der Waals surface area contributed by atoms with E-state index in [0.29, 0.717) is 17.0 Å². The SMILES string of the molecule is Cc1cc(N(C)CC2CCCOC2)c([C@H](C)O)cc1F. The Morgan fingerprint density at radius 1 is 1.50 bits per heavy atom. The largest absolute Gasteiger partial charge is 0.389 e. The minimum Gasteiger partial charge on any atom is -0.389 e. The molecule has 0 saturated carbocycles. The third-order valence-electron chi connectivity index (χ3n) is 3.96. The standard InChI is InChI=1S/C16H24FNO2/c1-11-7-16(14(12(2)19)8-15(11)17)18(3)9-13-5-4-6-20-10-13/h7-8,12-13,19H,4-6,9-10H2,1-3H3/t12-,13?/m0/s1. The van der Waals surface area contributed by atoms with Crippen molar-refractivity contribution < 1.29 is 14.2 Å². The van der Waals surface area contributed by atoms with Gasteiger partial charge < -0.3 is 14.7 Å². The lowest BCUT2D eigenvalue weighted by atomic mass is 9.99. The maximum Gasteiger partial charge on any atom is 0.126 e. The van der Waals surface area contributed by atoms with E-state index in [1.807, 2.05) is 13.1 Å². The predicted molar refractivity (Wildman–Crippen MR) is 78.6 cm³/mol. The van der Waals surface area contributed by atoms with Crippen molar-refractivity contribution in [3.05, 3.63) is 29.1 Å². The molecule has 1 aromatic rings. The third-order valence-corrected chi connectivity index (χ3v) is 3.96. The van der Waals surface area contributed by atoms with Crippen LogP contribution in [0.2, 0.25) is 0 Å². The molecule has 1 saturated heterocycles. The van der Waals surface area contributed by atoms with Gasteiger partial charge in [0.25, 0.3) is 0 Å². The van der Waals surface area contributed by atoms with Gasteiger partial charge in [-0.25, -0.2) is 4.39 Å². The molecule has 112 valence electrons. The van der Waals surface area contributed by atoms with E-state index in [1.165, 1.54) is 6.07 Å². The van der Waals surface area contributed by atoms with Crippen LogP contribution >= 0.6 is 0 Å². The number of aliphatic hydroxyl groups is 1. The molecule has 4 heteroatoms. The van der Waals surface area contributed by atoms with Crippen molar-refractivity contribution in [2.24, 2.45) is 5.92 Å². The van der Waals surface area contributed by atoms with Crippen LogP contribution in [0.5, 0.6) is 0 Å². The summed E-state index contributed by atoms with van der Waals surface area (Å²) in [5, 5.41) is 9.86. The second-order valence-electron chi connectivity index (χ2n) is 5.80. The molecule has 1 heterocycles. The summed E-state index contributed by atoms with van der Waals surface area (Å²) in [6, 6.07) is 3.27. The van der Waals surface area contributed by atoms with Crippen LogP contribution in [0.15, 0.2) is 12.1 Å². The number of anilines is 1. The maximum atomic E-state index is 13.7. The molecule has 0 bridgehead atoms. The minimum absolute atomic E-state index is 0.265. The summed E-state index contributed by atoms with van der Waals surface area (Å²) in [6.45, 7) is 5.93. The smallest absolute Gasteiger partial charge is 0.126 e. The number of ether oxygens (including phenoxy) is 1. The molecule has 0 radical (unpaired) electrons. The van der Waals surface area contributed by atoms with Gasteiger partial charge in [-0.1, -0.05) is 0 Å². The summed E-state index contributed by atoms with van der Waals surface area (Å²) in [7, 11) is 1.99. The number of benzene rings is 1. The van der Waals surface area contributed by atoms with E-state index < -0.39 is 6.10 Å². The van der Waals surface area contributed by atoms with Gasteiger partial charge in [-0.05, 0) is 50.3 Å². The van der Waals surface area contributed by atoms with E-state index in [0.717, 1.165) is 38.3 Å². The highest BCUT2D eigenvalue weighted by atomic mass is 19.1. The van der Waals surface area contributed by atoms with Crippen molar-refractivity contribution in [1.82, 2.24) is 0 Å². The summed E-state index contributed by atoms with van der Waals surface area (Å²) in [4.78, 5) is 2.10. The molecule has 1 unspecified atom stereocenters. The summed E-state index contributed by atoms with van der Waals surface area (Å²) in [5.41, 5.74) is 2.16. The molecule has 1 fully saturated rings. The average Bonchev–Trinajstić information content (AvgIpc) is 2.42. The van der Waals surface area contributed by atoms with Crippen LogP contribution in [0, 0.1) is 18.7 Å². The molecule has 1 aliphatic heterocycles. The number of aliphatic hydroxyl groups excluding tert-OH is 1. The number of nitrogens with zero attached hydrogens (tertiary/aromatic N) is 1. The Morgan fingerprint density at radius 3 is 2.85 bits per heavy atom. The quantitative estimate of drug-likeness (QED) is 0.920. The number of halogens is 1. The molecule has 3 nitrogen and oxygen atoms in total. The Hall–Kier alpha value is -1.13. The van der Waals surface area contributed by atoms with Crippen molar-refractivity contribution in [1.29, 1.82) is 0 Å². The molecule has 0 spiro atoms. The van der Waals surface area contributed by atoms with Gasteiger partial charge in [-0.2, -0.15) is 0 Å². The number of rotatable bonds is 4. The molecule has 0 amide bonds. The minimum atomic E-state index is -0.676. The highest BCUT2D eigenvalue weighted by Crippen LogP contribution is 2.29. The molecule has 0 aromatic heterocycles. The van der Waals surface area contributed by atoms with E-state index in [9.17, 15) is 9.50 Å². The second kappa shape index (κ2) is 6.55. The van der Waals surface area contributed by atoms with Gasteiger partial charge in [0.2, 0.25) is 0 Å². The van der Waals surface area contributed by atoms with Gasteiger partial charge in [0, 0.05) is 31.5 Å². The molecule has 20 heavy (non-hydrogen) atoms. The van der Waals surface area contributed by atoms with Gasteiger partial charge >= 0.3 is 0 Å². The van der Waals surface area contributed by atoms with E-state index in [-0.39, 0.29) is 5.82 Å². The van der Waals surface area contributed by atoms with Crippen LogP contribution in [0.4, 0.5) is 10.1 Å². The van der Waals surface area contributed by atoms with Crippen molar-refractivity contribution in [3.63, 3.8) is 0 Å². The van der Waals surface area contributed by atoms with Gasteiger partial charge in [0.15, 0.2) is 0 Å². The van der Waals surface area contributed by atoms with Crippen LogP contribution in [0.1, 0.15) is 37.0 Å². The Bertz CT molecular complexity index is 456. The van der Waals surface area contributed by atoms with Crippen molar-refractivity contribution in [2.75, 3.05) is 31.7 Å². The Morgan fingerprint density at radius 2 is 2.25 bits per heavy atom. The zero-order chi connectivity index (χ0) is 14.7. The van der Waals surface area contributed by atoms with Crippen molar-refractivity contribution >= 4 is 5.69 Å². The lowest BCUT2D eigenvalue weighted by Crippen LogP contribution is -2.31. The van der Waals surface area contributed by atoms with Crippen LogP contribution in [0.25, 0.3) is 0 Å². The fraction of sp³-hybridized carbons (Fsp3) is 0.625. The van der Waals surface area contributed by atoms with E-state index >= 15 is 0 Å².